The number of benzene rings is 1. The van der Waals surface area contributed by atoms with E-state index in [0.29, 0.717) is 30.8 Å². The molecule has 0 radical (unpaired) electrons. The molecule has 1 unspecified atom stereocenters. The standard InChI is InChI=1S/C14H16N2O5/c17-12-5-4-9(7-15-12)14(20)16-10-2-1-3-11(6-10)21-8-13(18)19/h1-3,6,9H,4-5,7-8H2,(H,15,17)(H,16,20)(H,18,19). The van der Waals surface area contributed by atoms with E-state index in [4.69, 9.17) is 9.84 Å². The topological polar surface area (TPSA) is 105 Å². The van der Waals surface area contributed by atoms with Crippen LogP contribution in [0.3, 0.4) is 0 Å². The molecule has 7 nitrogen and oxygen atoms in total. The van der Waals surface area contributed by atoms with Gasteiger partial charge in [0.25, 0.3) is 0 Å². The second-order valence-corrected chi connectivity index (χ2v) is 4.74. The lowest BCUT2D eigenvalue weighted by molar-refractivity contribution is -0.139. The SMILES string of the molecule is O=C(O)COc1cccc(NC(=O)C2CCC(=O)NC2)c1. The fourth-order valence-electron chi connectivity index (χ4n) is 2.01. The van der Waals surface area contributed by atoms with E-state index in [0.717, 1.165) is 0 Å². The highest BCUT2D eigenvalue weighted by Crippen LogP contribution is 2.19. The second-order valence-electron chi connectivity index (χ2n) is 4.74. The molecule has 0 aromatic heterocycles. The van der Waals surface area contributed by atoms with E-state index in [1.54, 1.807) is 24.3 Å². The first-order chi connectivity index (χ1) is 10.0. The van der Waals surface area contributed by atoms with Crippen LogP contribution in [-0.2, 0) is 14.4 Å². The molecular formula is C14H16N2O5. The van der Waals surface area contributed by atoms with Crippen LogP contribution in [0.1, 0.15) is 12.8 Å². The number of hydrogen-bond acceptors (Lipinski definition) is 4. The fraction of sp³-hybridized carbons (Fsp3) is 0.357. The second kappa shape index (κ2) is 6.74. The zero-order valence-corrected chi connectivity index (χ0v) is 11.3. The van der Waals surface area contributed by atoms with Crippen molar-refractivity contribution in [1.82, 2.24) is 5.32 Å². The first-order valence-electron chi connectivity index (χ1n) is 6.57. The predicted molar refractivity (Wildman–Crippen MR) is 73.9 cm³/mol. The number of carboxylic acid groups (broad SMARTS) is 1. The van der Waals surface area contributed by atoms with Gasteiger partial charge in [-0.3, -0.25) is 9.59 Å². The third-order valence-corrected chi connectivity index (χ3v) is 3.10. The van der Waals surface area contributed by atoms with Gasteiger partial charge < -0.3 is 20.5 Å². The molecule has 0 aliphatic carbocycles. The first kappa shape index (κ1) is 14.8. The molecule has 1 fully saturated rings. The lowest BCUT2D eigenvalue weighted by Gasteiger charge is -2.21. The van der Waals surface area contributed by atoms with E-state index in [-0.39, 0.29) is 17.7 Å². The number of aliphatic carboxylic acids is 1. The van der Waals surface area contributed by atoms with Gasteiger partial charge in [0.1, 0.15) is 5.75 Å². The van der Waals surface area contributed by atoms with E-state index in [1.807, 2.05) is 0 Å². The van der Waals surface area contributed by atoms with Crippen LogP contribution in [0.2, 0.25) is 0 Å². The fourth-order valence-corrected chi connectivity index (χ4v) is 2.01. The van der Waals surface area contributed by atoms with Gasteiger partial charge in [-0.2, -0.15) is 0 Å². The zero-order chi connectivity index (χ0) is 15.2. The molecule has 0 bridgehead atoms. The summed E-state index contributed by atoms with van der Waals surface area (Å²) < 4.78 is 5.04. The highest BCUT2D eigenvalue weighted by Gasteiger charge is 2.24. The van der Waals surface area contributed by atoms with Gasteiger partial charge in [-0.15, -0.1) is 0 Å². The Morgan fingerprint density at radius 2 is 2.24 bits per heavy atom. The first-order valence-corrected chi connectivity index (χ1v) is 6.57. The number of carbonyl (C=O) groups is 3. The van der Waals surface area contributed by atoms with Crippen molar-refractivity contribution < 1.29 is 24.2 Å². The van der Waals surface area contributed by atoms with Crippen molar-refractivity contribution in [2.75, 3.05) is 18.5 Å². The van der Waals surface area contributed by atoms with Crippen LogP contribution in [0.25, 0.3) is 0 Å². The van der Waals surface area contributed by atoms with Gasteiger partial charge in [-0.1, -0.05) is 6.07 Å². The number of piperidine rings is 1. The molecule has 2 rings (SSSR count). The molecule has 112 valence electrons. The minimum atomic E-state index is -1.07. The van der Waals surface area contributed by atoms with Gasteiger partial charge in [0, 0.05) is 24.7 Å². The van der Waals surface area contributed by atoms with Gasteiger partial charge in [-0.25, -0.2) is 4.79 Å². The van der Waals surface area contributed by atoms with Crippen molar-refractivity contribution in [3.63, 3.8) is 0 Å². The van der Waals surface area contributed by atoms with Crippen molar-refractivity contribution in [1.29, 1.82) is 0 Å². The molecule has 1 atom stereocenters. The smallest absolute Gasteiger partial charge is 0.341 e. The number of nitrogens with one attached hydrogen (secondary N) is 2. The molecule has 0 spiro atoms. The molecule has 1 aromatic carbocycles. The number of carboxylic acids is 1. The molecule has 1 heterocycles. The molecule has 2 amide bonds. The van der Waals surface area contributed by atoms with Crippen molar-refractivity contribution >= 4 is 23.5 Å². The molecule has 1 aliphatic rings. The van der Waals surface area contributed by atoms with Crippen LogP contribution >= 0.6 is 0 Å². The Morgan fingerprint density at radius 1 is 1.43 bits per heavy atom. The highest BCUT2D eigenvalue weighted by molar-refractivity contribution is 5.94. The summed E-state index contributed by atoms with van der Waals surface area (Å²) >= 11 is 0. The van der Waals surface area contributed by atoms with Crippen molar-refractivity contribution in [3.8, 4) is 5.75 Å². The Bertz CT molecular complexity index is 548. The average Bonchev–Trinajstić information content (AvgIpc) is 2.46. The number of amides is 2. The third-order valence-electron chi connectivity index (χ3n) is 3.10. The van der Waals surface area contributed by atoms with Crippen LogP contribution in [0.5, 0.6) is 5.75 Å². The molecule has 1 saturated heterocycles. The Labute approximate surface area is 121 Å². The summed E-state index contributed by atoms with van der Waals surface area (Å²) in [5.74, 6) is -1.17. The van der Waals surface area contributed by atoms with Gasteiger partial charge >= 0.3 is 5.97 Å². The molecule has 1 aromatic rings. The summed E-state index contributed by atoms with van der Waals surface area (Å²) in [7, 11) is 0. The molecule has 21 heavy (non-hydrogen) atoms. The van der Waals surface area contributed by atoms with Gasteiger partial charge in [0.15, 0.2) is 6.61 Å². The third kappa shape index (κ3) is 4.48. The maximum atomic E-state index is 12.1. The number of ether oxygens (including phenoxy) is 1. The molecule has 7 heteroatoms. The number of hydrogen-bond donors (Lipinski definition) is 3. The maximum absolute atomic E-state index is 12.1. The van der Waals surface area contributed by atoms with Crippen molar-refractivity contribution in [2.24, 2.45) is 5.92 Å². The Balaban J connectivity index is 1.92. The monoisotopic (exact) mass is 292 g/mol. The van der Waals surface area contributed by atoms with Gasteiger partial charge in [0.05, 0.1) is 5.92 Å². The quantitative estimate of drug-likeness (QED) is 0.737. The Kier molecular flexibility index (Phi) is 4.76. The molecular weight excluding hydrogens is 276 g/mol. The minimum Gasteiger partial charge on any atom is -0.482 e. The molecule has 0 saturated carbocycles. The number of carbonyl (C=O) groups excluding carboxylic acids is 2. The summed E-state index contributed by atoms with van der Waals surface area (Å²) in [6, 6.07) is 6.52. The van der Waals surface area contributed by atoms with E-state index in [9.17, 15) is 14.4 Å². The lowest BCUT2D eigenvalue weighted by Crippen LogP contribution is -2.40. The minimum absolute atomic E-state index is 0.0388. The number of anilines is 1. The van der Waals surface area contributed by atoms with Crippen LogP contribution < -0.4 is 15.4 Å². The molecule has 1 aliphatic heterocycles. The maximum Gasteiger partial charge on any atom is 0.341 e. The summed E-state index contributed by atoms with van der Waals surface area (Å²) in [6.45, 7) is -0.105. The van der Waals surface area contributed by atoms with Crippen LogP contribution in [0, 0.1) is 5.92 Å². The summed E-state index contributed by atoms with van der Waals surface area (Å²) in [5, 5.41) is 13.9. The average molecular weight is 292 g/mol. The van der Waals surface area contributed by atoms with E-state index in [1.165, 1.54) is 0 Å². The van der Waals surface area contributed by atoms with Crippen LogP contribution in [0.15, 0.2) is 24.3 Å². The number of rotatable bonds is 5. The van der Waals surface area contributed by atoms with Crippen LogP contribution in [-0.4, -0.2) is 36.0 Å². The Hall–Kier alpha value is -2.57. The van der Waals surface area contributed by atoms with E-state index in [2.05, 4.69) is 10.6 Å². The van der Waals surface area contributed by atoms with Crippen molar-refractivity contribution in [2.45, 2.75) is 12.8 Å². The van der Waals surface area contributed by atoms with E-state index >= 15 is 0 Å². The highest BCUT2D eigenvalue weighted by atomic mass is 16.5. The normalized spacial score (nSPS) is 17.7. The van der Waals surface area contributed by atoms with Gasteiger partial charge in [0.2, 0.25) is 11.8 Å². The Morgan fingerprint density at radius 3 is 2.90 bits per heavy atom. The van der Waals surface area contributed by atoms with Crippen molar-refractivity contribution in [3.05, 3.63) is 24.3 Å². The summed E-state index contributed by atoms with van der Waals surface area (Å²) in [4.78, 5) is 33.5. The lowest BCUT2D eigenvalue weighted by atomic mass is 9.98. The molecule has 3 N–H and O–H groups in total. The summed E-state index contributed by atoms with van der Waals surface area (Å²) in [6.07, 6.45) is 0.868. The predicted octanol–water partition coefficient (Wildman–Crippen LogP) is 0.615. The summed E-state index contributed by atoms with van der Waals surface area (Å²) in [5.41, 5.74) is 0.528. The van der Waals surface area contributed by atoms with Gasteiger partial charge in [-0.05, 0) is 18.6 Å². The van der Waals surface area contributed by atoms with Crippen LogP contribution in [0.4, 0.5) is 5.69 Å². The van der Waals surface area contributed by atoms with E-state index < -0.39 is 12.6 Å². The largest absolute Gasteiger partial charge is 0.482 e. The zero-order valence-electron chi connectivity index (χ0n) is 11.3.